The lowest BCUT2D eigenvalue weighted by molar-refractivity contribution is -0.137. The summed E-state index contributed by atoms with van der Waals surface area (Å²) >= 11 is 0. The van der Waals surface area contributed by atoms with E-state index in [2.05, 4.69) is 9.98 Å². The van der Waals surface area contributed by atoms with Gasteiger partial charge in [-0.2, -0.15) is 13.2 Å². The highest BCUT2D eigenvalue weighted by atomic mass is 19.4. The van der Waals surface area contributed by atoms with Crippen molar-refractivity contribution >= 4 is 11.9 Å². The smallest absolute Gasteiger partial charge is 0.417 e. The van der Waals surface area contributed by atoms with Crippen LogP contribution < -0.4 is 0 Å². The van der Waals surface area contributed by atoms with Crippen molar-refractivity contribution in [3.8, 4) is 17.0 Å². The lowest BCUT2D eigenvalue weighted by Gasteiger charge is -2.12. The lowest BCUT2D eigenvalue weighted by Crippen LogP contribution is -2.07. The number of phenols is 1. The Bertz CT molecular complexity index is 920. The fourth-order valence-electron chi connectivity index (χ4n) is 2.34. The summed E-state index contributed by atoms with van der Waals surface area (Å²) in [6.07, 6.45) is -3.06. The summed E-state index contributed by atoms with van der Waals surface area (Å²) < 4.78 is 39.5. The van der Waals surface area contributed by atoms with E-state index in [0.717, 1.165) is 6.07 Å². The van der Waals surface area contributed by atoms with Crippen LogP contribution in [0, 0.1) is 0 Å². The van der Waals surface area contributed by atoms with Crippen molar-refractivity contribution in [1.29, 1.82) is 0 Å². The minimum atomic E-state index is -4.46. The van der Waals surface area contributed by atoms with E-state index in [1.165, 1.54) is 36.5 Å². The molecule has 126 valence electrons. The van der Waals surface area contributed by atoms with Crippen molar-refractivity contribution in [2.45, 2.75) is 6.18 Å². The Morgan fingerprint density at radius 1 is 0.880 bits per heavy atom. The minimum absolute atomic E-state index is 0.00723. The Balaban J connectivity index is 1.97. The summed E-state index contributed by atoms with van der Waals surface area (Å²) in [5, 5.41) is 9.69. The number of alkyl halides is 3. The molecule has 0 unspecified atom stereocenters. The Hall–Kier alpha value is -3.15. The Labute approximate surface area is 142 Å². The third-order valence-electron chi connectivity index (χ3n) is 3.50. The van der Waals surface area contributed by atoms with Gasteiger partial charge in [-0.3, -0.25) is 4.99 Å². The molecule has 3 nitrogen and oxygen atoms in total. The summed E-state index contributed by atoms with van der Waals surface area (Å²) in [4.78, 5) is 8.35. The summed E-state index contributed by atoms with van der Waals surface area (Å²) in [7, 11) is 0. The first kappa shape index (κ1) is 16.7. The first-order valence-corrected chi connectivity index (χ1v) is 7.41. The van der Waals surface area contributed by atoms with Crippen LogP contribution in [0.1, 0.15) is 11.3 Å². The maximum atomic E-state index is 13.2. The molecule has 0 saturated carbocycles. The van der Waals surface area contributed by atoms with E-state index in [1.54, 1.807) is 30.3 Å². The first-order valence-electron chi connectivity index (χ1n) is 7.41. The number of aromatic hydroxyl groups is 1. The molecule has 0 amide bonds. The van der Waals surface area contributed by atoms with Crippen molar-refractivity contribution in [3.05, 3.63) is 78.0 Å². The van der Waals surface area contributed by atoms with Crippen LogP contribution in [0.5, 0.6) is 5.75 Å². The molecule has 0 fully saturated rings. The Morgan fingerprint density at radius 3 is 2.36 bits per heavy atom. The number of para-hydroxylation sites is 2. The highest BCUT2D eigenvalue weighted by Gasteiger charge is 2.33. The van der Waals surface area contributed by atoms with Gasteiger partial charge in [-0.15, -0.1) is 0 Å². The molecule has 3 aromatic rings. The first-order chi connectivity index (χ1) is 11.9. The van der Waals surface area contributed by atoms with Gasteiger partial charge < -0.3 is 5.11 Å². The zero-order valence-corrected chi connectivity index (χ0v) is 12.9. The largest absolute Gasteiger partial charge is 0.506 e. The second-order valence-corrected chi connectivity index (χ2v) is 5.24. The number of phenolic OH excluding ortho intramolecular Hbond substituents is 1. The number of aromatic nitrogens is 1. The molecule has 1 N–H and O–H groups in total. The van der Waals surface area contributed by atoms with Gasteiger partial charge in [-0.1, -0.05) is 36.4 Å². The Kier molecular flexibility index (Phi) is 4.52. The van der Waals surface area contributed by atoms with Crippen LogP contribution in [0.15, 0.2) is 71.7 Å². The topological polar surface area (TPSA) is 45.5 Å². The van der Waals surface area contributed by atoms with Crippen LogP contribution >= 0.6 is 0 Å². The number of halogens is 3. The third-order valence-corrected chi connectivity index (χ3v) is 3.50. The monoisotopic (exact) mass is 342 g/mol. The van der Waals surface area contributed by atoms with E-state index in [1.807, 2.05) is 0 Å². The number of pyridine rings is 1. The molecule has 0 aliphatic rings. The van der Waals surface area contributed by atoms with Gasteiger partial charge in [-0.05, 0) is 30.3 Å². The molecule has 25 heavy (non-hydrogen) atoms. The van der Waals surface area contributed by atoms with Gasteiger partial charge in [0, 0.05) is 5.56 Å². The SMILES string of the molecule is Oc1ccccc1/N=C/c1cccc(-c2ccccc2C(F)(F)F)n1. The molecule has 3 rings (SSSR count). The van der Waals surface area contributed by atoms with E-state index < -0.39 is 11.7 Å². The standard InChI is InChI=1S/C19H13F3N2O/c20-19(21,22)15-8-2-1-7-14(15)16-10-5-6-13(24-16)12-23-17-9-3-4-11-18(17)25/h1-12,25H/b23-12+. The summed E-state index contributed by atoms with van der Waals surface area (Å²) in [5.41, 5.74) is 0.211. The van der Waals surface area contributed by atoms with Crippen molar-refractivity contribution in [1.82, 2.24) is 4.98 Å². The molecule has 0 aliphatic heterocycles. The highest BCUT2D eigenvalue weighted by molar-refractivity contribution is 5.81. The maximum Gasteiger partial charge on any atom is 0.417 e. The molecule has 0 atom stereocenters. The molecular weight excluding hydrogens is 329 g/mol. The number of nitrogens with zero attached hydrogens (tertiary/aromatic N) is 2. The number of hydrogen-bond donors (Lipinski definition) is 1. The van der Waals surface area contributed by atoms with Crippen LogP contribution in [-0.4, -0.2) is 16.3 Å². The predicted molar refractivity (Wildman–Crippen MR) is 90.0 cm³/mol. The molecule has 0 radical (unpaired) electrons. The van der Waals surface area contributed by atoms with Gasteiger partial charge >= 0.3 is 6.18 Å². The number of benzene rings is 2. The van der Waals surface area contributed by atoms with Crippen molar-refractivity contribution in [2.24, 2.45) is 4.99 Å². The van der Waals surface area contributed by atoms with E-state index in [0.29, 0.717) is 11.4 Å². The maximum absolute atomic E-state index is 13.2. The van der Waals surface area contributed by atoms with E-state index >= 15 is 0 Å². The summed E-state index contributed by atoms with van der Waals surface area (Å²) in [6.45, 7) is 0. The van der Waals surface area contributed by atoms with Crippen LogP contribution in [0.3, 0.4) is 0 Å². The summed E-state index contributed by atoms with van der Waals surface area (Å²) in [6, 6.07) is 16.5. The number of aliphatic imine (C=N–C) groups is 1. The predicted octanol–water partition coefficient (Wildman–Crippen LogP) is 5.22. The normalized spacial score (nSPS) is 11.8. The lowest BCUT2D eigenvalue weighted by atomic mass is 10.0. The Morgan fingerprint density at radius 2 is 1.60 bits per heavy atom. The highest BCUT2D eigenvalue weighted by Crippen LogP contribution is 2.36. The minimum Gasteiger partial charge on any atom is -0.506 e. The van der Waals surface area contributed by atoms with Crippen LogP contribution in [0.2, 0.25) is 0 Å². The average Bonchev–Trinajstić information content (AvgIpc) is 2.61. The molecule has 0 bridgehead atoms. The number of rotatable bonds is 3. The van der Waals surface area contributed by atoms with Crippen LogP contribution in [-0.2, 0) is 6.18 Å². The zero-order valence-electron chi connectivity index (χ0n) is 12.9. The molecule has 0 aliphatic carbocycles. The molecule has 0 spiro atoms. The molecule has 2 aromatic carbocycles. The van der Waals surface area contributed by atoms with Gasteiger partial charge in [0.05, 0.1) is 23.2 Å². The fraction of sp³-hybridized carbons (Fsp3) is 0.0526. The number of hydrogen-bond acceptors (Lipinski definition) is 3. The van der Waals surface area contributed by atoms with Gasteiger partial charge in [0.25, 0.3) is 0 Å². The third kappa shape index (κ3) is 3.85. The van der Waals surface area contributed by atoms with Crippen molar-refractivity contribution < 1.29 is 18.3 Å². The zero-order chi connectivity index (χ0) is 17.9. The van der Waals surface area contributed by atoms with Gasteiger partial charge in [0.2, 0.25) is 0 Å². The van der Waals surface area contributed by atoms with Gasteiger partial charge in [0.15, 0.2) is 0 Å². The fourth-order valence-corrected chi connectivity index (χ4v) is 2.34. The van der Waals surface area contributed by atoms with Crippen molar-refractivity contribution in [3.63, 3.8) is 0 Å². The van der Waals surface area contributed by atoms with Gasteiger partial charge in [0.1, 0.15) is 11.4 Å². The van der Waals surface area contributed by atoms with Gasteiger partial charge in [-0.25, -0.2) is 4.98 Å². The second kappa shape index (κ2) is 6.76. The molecular formula is C19H13F3N2O. The van der Waals surface area contributed by atoms with E-state index in [-0.39, 0.29) is 17.0 Å². The average molecular weight is 342 g/mol. The van der Waals surface area contributed by atoms with E-state index in [4.69, 9.17) is 0 Å². The molecule has 1 aromatic heterocycles. The van der Waals surface area contributed by atoms with Crippen molar-refractivity contribution in [2.75, 3.05) is 0 Å². The summed E-state index contributed by atoms with van der Waals surface area (Å²) in [5.74, 6) is 0.0114. The molecule has 6 heteroatoms. The van der Waals surface area contributed by atoms with Crippen LogP contribution in [0.25, 0.3) is 11.3 Å². The molecule has 0 saturated heterocycles. The quantitative estimate of drug-likeness (QED) is 0.663. The molecule has 1 heterocycles. The van der Waals surface area contributed by atoms with Crippen LogP contribution in [0.4, 0.5) is 18.9 Å². The second-order valence-electron chi connectivity index (χ2n) is 5.24. The van der Waals surface area contributed by atoms with E-state index in [9.17, 15) is 18.3 Å².